The van der Waals surface area contributed by atoms with Crippen molar-refractivity contribution in [2.45, 2.75) is 51.0 Å². The van der Waals surface area contributed by atoms with Crippen molar-refractivity contribution >= 4 is 11.9 Å². The van der Waals surface area contributed by atoms with Crippen LogP contribution in [0.1, 0.15) is 44.9 Å². The minimum absolute atomic E-state index is 0.122. The summed E-state index contributed by atoms with van der Waals surface area (Å²) >= 11 is 0. The van der Waals surface area contributed by atoms with Crippen molar-refractivity contribution in [2.24, 2.45) is 11.3 Å². The van der Waals surface area contributed by atoms with Crippen LogP contribution < -0.4 is 0 Å². The molecule has 4 heteroatoms. The van der Waals surface area contributed by atoms with Crippen LogP contribution in [0.15, 0.2) is 0 Å². The maximum Gasteiger partial charge on any atom is 0.326 e. The van der Waals surface area contributed by atoms with Crippen LogP contribution in [0.25, 0.3) is 0 Å². The zero-order valence-corrected chi connectivity index (χ0v) is 10.0. The third-order valence-corrected chi connectivity index (χ3v) is 4.91. The van der Waals surface area contributed by atoms with Gasteiger partial charge in [0, 0.05) is 12.5 Å². The molecule has 1 aliphatic heterocycles. The van der Waals surface area contributed by atoms with Crippen LogP contribution in [0.5, 0.6) is 0 Å². The molecule has 3 fully saturated rings. The molecule has 1 N–H and O–H groups in total. The molecule has 3 rings (SSSR count). The van der Waals surface area contributed by atoms with E-state index in [1.165, 1.54) is 25.7 Å². The van der Waals surface area contributed by atoms with E-state index in [2.05, 4.69) is 0 Å². The molecule has 2 aliphatic carbocycles. The number of likely N-dealkylation sites (tertiary alicyclic amines) is 1. The van der Waals surface area contributed by atoms with E-state index in [-0.39, 0.29) is 17.2 Å². The van der Waals surface area contributed by atoms with E-state index in [0.717, 1.165) is 12.8 Å². The lowest BCUT2D eigenvalue weighted by Gasteiger charge is -2.22. The lowest BCUT2D eigenvalue weighted by Crippen LogP contribution is -2.41. The third-order valence-electron chi connectivity index (χ3n) is 4.91. The molecule has 2 atom stereocenters. The molecular weight excluding hydrogens is 218 g/mol. The van der Waals surface area contributed by atoms with E-state index in [9.17, 15) is 9.59 Å². The fourth-order valence-electron chi connectivity index (χ4n) is 3.82. The van der Waals surface area contributed by atoms with E-state index < -0.39 is 12.0 Å². The molecule has 3 aliphatic rings. The molecule has 1 amide bonds. The highest BCUT2D eigenvalue weighted by Crippen LogP contribution is 2.63. The molecule has 17 heavy (non-hydrogen) atoms. The van der Waals surface area contributed by atoms with Crippen LogP contribution in [0, 0.1) is 11.3 Å². The van der Waals surface area contributed by atoms with Gasteiger partial charge in [-0.25, -0.2) is 4.79 Å². The third kappa shape index (κ3) is 1.65. The summed E-state index contributed by atoms with van der Waals surface area (Å²) in [5.74, 6) is -0.571. The lowest BCUT2D eigenvalue weighted by molar-refractivity contribution is -0.149. The first-order chi connectivity index (χ1) is 8.14. The summed E-state index contributed by atoms with van der Waals surface area (Å²) < 4.78 is 0. The normalized spacial score (nSPS) is 34.2. The average molecular weight is 237 g/mol. The van der Waals surface area contributed by atoms with Gasteiger partial charge in [0.1, 0.15) is 6.04 Å². The van der Waals surface area contributed by atoms with E-state index in [1.807, 2.05) is 0 Å². The molecule has 0 aromatic carbocycles. The van der Waals surface area contributed by atoms with Gasteiger partial charge in [0.05, 0.1) is 0 Å². The average Bonchev–Trinajstić information content (AvgIpc) is 2.71. The second-order valence-electron chi connectivity index (χ2n) is 5.85. The quantitative estimate of drug-likeness (QED) is 0.794. The van der Waals surface area contributed by atoms with Crippen LogP contribution >= 0.6 is 0 Å². The highest BCUT2D eigenvalue weighted by atomic mass is 16.4. The molecule has 0 aromatic heterocycles. The maximum absolute atomic E-state index is 12.3. The Morgan fingerprint density at radius 1 is 1.18 bits per heavy atom. The fourth-order valence-corrected chi connectivity index (χ4v) is 3.82. The number of carbonyl (C=O) groups excluding carboxylic acids is 1. The number of carboxylic acid groups (broad SMARTS) is 1. The topological polar surface area (TPSA) is 57.6 Å². The van der Waals surface area contributed by atoms with Crippen LogP contribution in [0.4, 0.5) is 0 Å². The van der Waals surface area contributed by atoms with Crippen LogP contribution in [0.3, 0.4) is 0 Å². The summed E-state index contributed by atoms with van der Waals surface area (Å²) in [7, 11) is 0. The van der Waals surface area contributed by atoms with Gasteiger partial charge >= 0.3 is 5.97 Å². The van der Waals surface area contributed by atoms with Gasteiger partial charge in [-0.3, -0.25) is 4.79 Å². The molecule has 1 heterocycles. The minimum atomic E-state index is -0.836. The monoisotopic (exact) mass is 237 g/mol. The predicted octanol–water partition coefficient (Wildman–Crippen LogP) is 1.64. The molecule has 94 valence electrons. The molecule has 0 aromatic rings. The van der Waals surface area contributed by atoms with Crippen LogP contribution in [0.2, 0.25) is 0 Å². The first-order valence-corrected chi connectivity index (χ1v) is 6.67. The number of nitrogens with zero attached hydrogens (tertiary/aromatic N) is 1. The summed E-state index contributed by atoms with van der Waals surface area (Å²) in [6.07, 6.45) is 7.31. The number of carboxylic acids is 1. The Balaban J connectivity index is 1.69. The largest absolute Gasteiger partial charge is 0.480 e. The van der Waals surface area contributed by atoms with E-state index >= 15 is 0 Å². The van der Waals surface area contributed by atoms with Gasteiger partial charge in [0.15, 0.2) is 0 Å². The number of hydrogen-bond donors (Lipinski definition) is 1. The van der Waals surface area contributed by atoms with Gasteiger partial charge in [0.25, 0.3) is 0 Å². The number of aliphatic carboxylic acids is 1. The highest BCUT2D eigenvalue weighted by Gasteiger charge is 2.60. The van der Waals surface area contributed by atoms with Crippen LogP contribution in [-0.4, -0.2) is 34.5 Å². The smallest absolute Gasteiger partial charge is 0.326 e. The maximum atomic E-state index is 12.3. The predicted molar refractivity (Wildman–Crippen MR) is 61.4 cm³/mol. The van der Waals surface area contributed by atoms with Gasteiger partial charge in [-0.15, -0.1) is 0 Å². The molecule has 1 unspecified atom stereocenters. The summed E-state index contributed by atoms with van der Waals surface area (Å²) in [4.78, 5) is 25.0. The van der Waals surface area contributed by atoms with Crippen molar-refractivity contribution in [2.75, 3.05) is 6.54 Å². The molecule has 0 radical (unpaired) electrons. The Morgan fingerprint density at radius 3 is 2.53 bits per heavy atom. The number of amides is 1. The summed E-state index contributed by atoms with van der Waals surface area (Å²) in [6, 6.07) is -0.554. The van der Waals surface area contributed by atoms with Crippen molar-refractivity contribution in [3.63, 3.8) is 0 Å². The van der Waals surface area contributed by atoms with Gasteiger partial charge in [-0.1, -0.05) is 12.8 Å². The first-order valence-electron chi connectivity index (χ1n) is 6.67. The minimum Gasteiger partial charge on any atom is -0.480 e. The van der Waals surface area contributed by atoms with E-state index in [4.69, 9.17) is 5.11 Å². The van der Waals surface area contributed by atoms with Gasteiger partial charge in [0.2, 0.25) is 5.91 Å². The second-order valence-corrected chi connectivity index (χ2v) is 5.85. The fraction of sp³-hybridized carbons (Fsp3) is 0.846. The van der Waals surface area contributed by atoms with E-state index in [1.54, 1.807) is 4.90 Å². The Kier molecular flexibility index (Phi) is 2.42. The Morgan fingerprint density at radius 2 is 1.88 bits per heavy atom. The van der Waals surface area contributed by atoms with E-state index in [0.29, 0.717) is 13.0 Å². The number of rotatable bonds is 2. The van der Waals surface area contributed by atoms with Crippen LogP contribution in [-0.2, 0) is 9.59 Å². The zero-order chi connectivity index (χ0) is 12.0. The Hall–Kier alpha value is -1.06. The van der Waals surface area contributed by atoms with Crippen molar-refractivity contribution in [1.82, 2.24) is 4.90 Å². The summed E-state index contributed by atoms with van der Waals surface area (Å²) in [5, 5.41) is 9.10. The Labute approximate surface area is 101 Å². The van der Waals surface area contributed by atoms with Gasteiger partial charge in [-0.05, 0) is 37.5 Å². The van der Waals surface area contributed by atoms with Crippen molar-refractivity contribution in [3.05, 3.63) is 0 Å². The molecule has 1 saturated heterocycles. The first kappa shape index (κ1) is 11.1. The van der Waals surface area contributed by atoms with Crippen molar-refractivity contribution in [1.29, 1.82) is 0 Å². The zero-order valence-electron chi connectivity index (χ0n) is 10.0. The number of hydrogen-bond acceptors (Lipinski definition) is 2. The van der Waals surface area contributed by atoms with Gasteiger partial charge < -0.3 is 10.0 Å². The molecule has 4 nitrogen and oxygen atoms in total. The second kappa shape index (κ2) is 3.72. The SMILES string of the molecule is O=C(O)[C@H]1CCCN1C(=O)C1CC12CCCC2. The van der Waals surface area contributed by atoms with Crippen molar-refractivity contribution < 1.29 is 14.7 Å². The molecular formula is C13H19NO3. The highest BCUT2D eigenvalue weighted by molar-refractivity contribution is 5.88. The summed E-state index contributed by atoms with van der Waals surface area (Å²) in [6.45, 7) is 0.641. The molecule has 1 spiro atoms. The Bertz CT molecular complexity index is 360. The standard InChI is InChI=1S/C13H19NO3/c15-11(9-8-13(9)5-1-2-6-13)14-7-3-4-10(14)12(16)17/h9-10H,1-8H2,(H,16,17)/t9?,10-/m1/s1. The van der Waals surface area contributed by atoms with Gasteiger partial charge in [-0.2, -0.15) is 0 Å². The lowest BCUT2D eigenvalue weighted by atomic mass is 10.0. The molecule has 2 saturated carbocycles. The molecule has 0 bridgehead atoms. The number of carbonyl (C=O) groups is 2. The summed E-state index contributed by atoms with van der Waals surface area (Å²) in [5.41, 5.74) is 0.280. The van der Waals surface area contributed by atoms with Crippen molar-refractivity contribution in [3.8, 4) is 0 Å².